The first kappa shape index (κ1) is 13.6. The Hall–Kier alpha value is -0.830. The third kappa shape index (κ3) is 3.14. The number of halogens is 1. The summed E-state index contributed by atoms with van der Waals surface area (Å²) in [5.41, 5.74) is 1.11. The van der Waals surface area contributed by atoms with E-state index in [1.54, 1.807) is 6.33 Å². The van der Waals surface area contributed by atoms with Crippen LogP contribution in [-0.4, -0.2) is 22.6 Å². The average molecular weight is 268 g/mol. The third-order valence-electron chi connectivity index (χ3n) is 3.42. The van der Waals surface area contributed by atoms with Crippen molar-refractivity contribution in [3.63, 3.8) is 0 Å². The standard InChI is InChI=1S/C14H22ClN3/c1-4-5-12-13(15)16-9-17-14(12)18(10(2)3)8-11-6-7-11/h9-11H,4-8H2,1-3H3. The molecule has 0 unspecified atom stereocenters. The highest BCUT2D eigenvalue weighted by molar-refractivity contribution is 6.30. The monoisotopic (exact) mass is 267 g/mol. The van der Waals surface area contributed by atoms with Gasteiger partial charge in [0.1, 0.15) is 17.3 Å². The number of aromatic nitrogens is 2. The van der Waals surface area contributed by atoms with Gasteiger partial charge < -0.3 is 4.90 Å². The van der Waals surface area contributed by atoms with E-state index in [2.05, 4.69) is 35.6 Å². The highest BCUT2D eigenvalue weighted by Gasteiger charge is 2.27. The smallest absolute Gasteiger partial charge is 0.137 e. The minimum Gasteiger partial charge on any atom is -0.354 e. The Labute approximate surface area is 115 Å². The second-order valence-corrected chi connectivity index (χ2v) is 5.76. The van der Waals surface area contributed by atoms with Crippen molar-refractivity contribution in [1.29, 1.82) is 0 Å². The summed E-state index contributed by atoms with van der Waals surface area (Å²) in [5, 5.41) is 0.614. The molecule has 100 valence electrons. The molecule has 18 heavy (non-hydrogen) atoms. The van der Waals surface area contributed by atoms with Crippen LogP contribution in [0.1, 0.15) is 45.6 Å². The molecular weight excluding hydrogens is 246 g/mol. The summed E-state index contributed by atoms with van der Waals surface area (Å²) in [4.78, 5) is 11.0. The predicted octanol–water partition coefficient (Wildman–Crippen LogP) is 3.71. The Morgan fingerprint density at radius 1 is 1.39 bits per heavy atom. The van der Waals surface area contributed by atoms with Crippen LogP contribution in [0.4, 0.5) is 5.82 Å². The van der Waals surface area contributed by atoms with Crippen LogP contribution in [-0.2, 0) is 6.42 Å². The fraction of sp³-hybridized carbons (Fsp3) is 0.714. The molecule has 0 N–H and O–H groups in total. The van der Waals surface area contributed by atoms with E-state index < -0.39 is 0 Å². The van der Waals surface area contributed by atoms with E-state index in [1.807, 2.05) is 0 Å². The molecule has 1 aromatic heterocycles. The lowest BCUT2D eigenvalue weighted by Gasteiger charge is -2.29. The lowest BCUT2D eigenvalue weighted by atomic mass is 10.1. The van der Waals surface area contributed by atoms with Gasteiger partial charge in [0.25, 0.3) is 0 Å². The van der Waals surface area contributed by atoms with Gasteiger partial charge in [-0.1, -0.05) is 24.9 Å². The predicted molar refractivity (Wildman–Crippen MR) is 76.2 cm³/mol. The first-order valence-corrected chi connectivity index (χ1v) is 7.27. The van der Waals surface area contributed by atoms with Crippen molar-refractivity contribution in [2.45, 2.75) is 52.5 Å². The molecule has 0 saturated heterocycles. The van der Waals surface area contributed by atoms with E-state index >= 15 is 0 Å². The van der Waals surface area contributed by atoms with Crippen LogP contribution in [0.2, 0.25) is 5.15 Å². The lowest BCUT2D eigenvalue weighted by molar-refractivity contribution is 0.631. The third-order valence-corrected chi connectivity index (χ3v) is 3.74. The Kier molecular flexibility index (Phi) is 4.44. The number of hydrogen-bond donors (Lipinski definition) is 0. The van der Waals surface area contributed by atoms with Gasteiger partial charge >= 0.3 is 0 Å². The fourth-order valence-electron chi connectivity index (χ4n) is 2.22. The Morgan fingerprint density at radius 2 is 2.11 bits per heavy atom. The maximum Gasteiger partial charge on any atom is 0.137 e. The molecule has 1 aliphatic rings. The molecule has 3 nitrogen and oxygen atoms in total. The van der Waals surface area contributed by atoms with Gasteiger partial charge in [0, 0.05) is 18.2 Å². The lowest BCUT2D eigenvalue weighted by Crippen LogP contribution is -2.34. The first-order chi connectivity index (χ1) is 8.63. The molecule has 0 aromatic carbocycles. The SMILES string of the molecule is CCCc1c(Cl)ncnc1N(CC1CC1)C(C)C. The molecule has 0 amide bonds. The molecule has 4 heteroatoms. The van der Waals surface area contributed by atoms with E-state index in [0.29, 0.717) is 11.2 Å². The van der Waals surface area contributed by atoms with Gasteiger partial charge in [0.2, 0.25) is 0 Å². The molecule has 0 radical (unpaired) electrons. The molecule has 2 rings (SSSR count). The van der Waals surface area contributed by atoms with E-state index in [9.17, 15) is 0 Å². The van der Waals surface area contributed by atoms with Gasteiger partial charge in [-0.2, -0.15) is 0 Å². The van der Waals surface area contributed by atoms with Crippen molar-refractivity contribution in [2.75, 3.05) is 11.4 Å². The second-order valence-electron chi connectivity index (χ2n) is 5.41. The average Bonchev–Trinajstić information content (AvgIpc) is 3.13. The molecule has 0 aliphatic heterocycles. The first-order valence-electron chi connectivity index (χ1n) is 6.89. The summed E-state index contributed by atoms with van der Waals surface area (Å²) in [6, 6.07) is 0.451. The molecule has 1 fully saturated rings. The van der Waals surface area contributed by atoms with E-state index in [4.69, 9.17) is 11.6 Å². The van der Waals surface area contributed by atoms with Crippen molar-refractivity contribution in [2.24, 2.45) is 5.92 Å². The largest absolute Gasteiger partial charge is 0.354 e. The zero-order chi connectivity index (χ0) is 13.1. The van der Waals surface area contributed by atoms with Crippen LogP contribution >= 0.6 is 11.6 Å². The summed E-state index contributed by atoms with van der Waals surface area (Å²) in [6.07, 6.45) is 6.30. The summed E-state index contributed by atoms with van der Waals surface area (Å²) < 4.78 is 0. The van der Waals surface area contributed by atoms with Crippen molar-refractivity contribution < 1.29 is 0 Å². The van der Waals surface area contributed by atoms with Gasteiger partial charge in [-0.3, -0.25) is 0 Å². The molecular formula is C14H22ClN3. The maximum atomic E-state index is 6.23. The Balaban J connectivity index is 2.29. The Morgan fingerprint density at radius 3 is 2.67 bits per heavy atom. The van der Waals surface area contributed by atoms with Crippen molar-refractivity contribution in [1.82, 2.24) is 9.97 Å². The maximum absolute atomic E-state index is 6.23. The minimum atomic E-state index is 0.451. The molecule has 0 atom stereocenters. The zero-order valence-corrected chi connectivity index (χ0v) is 12.2. The highest BCUT2D eigenvalue weighted by Crippen LogP contribution is 2.34. The number of hydrogen-bond acceptors (Lipinski definition) is 3. The van der Waals surface area contributed by atoms with Gasteiger partial charge in [0.15, 0.2) is 0 Å². The Bertz CT molecular complexity index is 402. The molecule has 1 aliphatic carbocycles. The topological polar surface area (TPSA) is 29.0 Å². The second kappa shape index (κ2) is 5.87. The zero-order valence-electron chi connectivity index (χ0n) is 11.5. The molecule has 1 heterocycles. The van der Waals surface area contributed by atoms with E-state index in [0.717, 1.165) is 36.7 Å². The van der Waals surface area contributed by atoms with Crippen LogP contribution < -0.4 is 4.90 Å². The van der Waals surface area contributed by atoms with Gasteiger partial charge in [0.05, 0.1) is 0 Å². The van der Waals surface area contributed by atoms with Crippen LogP contribution in [0.25, 0.3) is 0 Å². The number of nitrogens with zero attached hydrogens (tertiary/aromatic N) is 3. The van der Waals surface area contributed by atoms with Gasteiger partial charge in [-0.25, -0.2) is 9.97 Å². The van der Waals surface area contributed by atoms with E-state index in [-0.39, 0.29) is 0 Å². The van der Waals surface area contributed by atoms with Crippen LogP contribution in [0.15, 0.2) is 6.33 Å². The van der Waals surface area contributed by atoms with Crippen LogP contribution in [0, 0.1) is 5.92 Å². The minimum absolute atomic E-state index is 0.451. The molecule has 1 saturated carbocycles. The summed E-state index contributed by atoms with van der Waals surface area (Å²) in [5.74, 6) is 1.88. The van der Waals surface area contributed by atoms with E-state index in [1.165, 1.54) is 12.8 Å². The summed E-state index contributed by atoms with van der Waals surface area (Å²) in [7, 11) is 0. The van der Waals surface area contributed by atoms with Gasteiger partial charge in [-0.05, 0) is 39.0 Å². The van der Waals surface area contributed by atoms with Crippen LogP contribution in [0.5, 0.6) is 0 Å². The van der Waals surface area contributed by atoms with Crippen molar-refractivity contribution in [3.8, 4) is 0 Å². The highest BCUT2D eigenvalue weighted by atomic mass is 35.5. The summed E-state index contributed by atoms with van der Waals surface area (Å²) >= 11 is 6.23. The molecule has 0 bridgehead atoms. The quantitative estimate of drug-likeness (QED) is 0.736. The van der Waals surface area contributed by atoms with Crippen molar-refractivity contribution in [3.05, 3.63) is 17.0 Å². The van der Waals surface area contributed by atoms with Crippen LogP contribution in [0.3, 0.4) is 0 Å². The molecule has 0 spiro atoms. The van der Waals surface area contributed by atoms with Crippen molar-refractivity contribution >= 4 is 17.4 Å². The number of rotatable bonds is 6. The fourth-order valence-corrected chi connectivity index (χ4v) is 2.44. The normalized spacial score (nSPS) is 15.2. The van der Waals surface area contributed by atoms with Gasteiger partial charge in [-0.15, -0.1) is 0 Å². The summed E-state index contributed by atoms with van der Waals surface area (Å²) in [6.45, 7) is 7.69. The molecule has 1 aromatic rings. The number of anilines is 1.